The summed E-state index contributed by atoms with van der Waals surface area (Å²) in [6.45, 7) is 3.50. The predicted octanol–water partition coefficient (Wildman–Crippen LogP) is 1.64. The van der Waals surface area contributed by atoms with E-state index in [2.05, 4.69) is 16.0 Å². The Kier molecular flexibility index (Phi) is 6.08. The number of carbonyl (C=O) groups is 4. The van der Waals surface area contributed by atoms with Crippen molar-refractivity contribution >= 4 is 46.8 Å². The first kappa shape index (κ1) is 24.7. The number of hydrogen-bond acceptors (Lipinski definition) is 8. The van der Waals surface area contributed by atoms with Crippen LogP contribution in [0.15, 0.2) is 66.5 Å². The van der Waals surface area contributed by atoms with E-state index < -0.39 is 51.9 Å². The molecule has 4 atom stereocenters. The number of benzene rings is 2. The zero-order chi connectivity index (χ0) is 26.5. The minimum absolute atomic E-state index is 0.129. The summed E-state index contributed by atoms with van der Waals surface area (Å²) in [5, 5.41) is 28.7. The normalized spacial score (nSPS) is 24.0. The van der Waals surface area contributed by atoms with E-state index in [0.717, 1.165) is 5.06 Å². The maximum atomic E-state index is 13.4. The van der Waals surface area contributed by atoms with Gasteiger partial charge in [-0.25, -0.2) is 9.86 Å². The average molecular weight is 524 g/mol. The van der Waals surface area contributed by atoms with Gasteiger partial charge in [0, 0.05) is 10.9 Å². The van der Waals surface area contributed by atoms with Crippen molar-refractivity contribution in [1.29, 1.82) is 0 Å². The molecule has 2 aromatic carbocycles. The van der Waals surface area contributed by atoms with Crippen LogP contribution in [0.2, 0.25) is 0 Å². The number of carboxylic acids is 1. The lowest BCUT2D eigenvalue weighted by Gasteiger charge is -2.44. The maximum Gasteiger partial charge on any atom is 0.327 e. The molecule has 37 heavy (non-hydrogen) atoms. The Bertz CT molecular complexity index is 1320. The Morgan fingerprint density at radius 2 is 1.76 bits per heavy atom. The van der Waals surface area contributed by atoms with Gasteiger partial charge in [-0.3, -0.25) is 19.6 Å². The number of thioether (sulfide) groups is 1. The third-order valence-electron chi connectivity index (χ3n) is 6.60. The van der Waals surface area contributed by atoms with Crippen molar-refractivity contribution in [1.82, 2.24) is 15.5 Å². The number of anilines is 2. The molecule has 3 heterocycles. The number of nitrogens with zero attached hydrogens (tertiary/aromatic N) is 2. The van der Waals surface area contributed by atoms with Crippen LogP contribution in [0.25, 0.3) is 0 Å². The molecule has 0 aliphatic carbocycles. The minimum Gasteiger partial charge on any atom is -0.480 e. The van der Waals surface area contributed by atoms with Crippen LogP contribution in [0.1, 0.15) is 25.5 Å². The van der Waals surface area contributed by atoms with E-state index in [1.807, 2.05) is 0 Å². The van der Waals surface area contributed by atoms with E-state index >= 15 is 0 Å². The highest BCUT2D eigenvalue weighted by Crippen LogP contribution is 2.50. The van der Waals surface area contributed by atoms with Crippen molar-refractivity contribution in [2.24, 2.45) is 0 Å². The monoisotopic (exact) mass is 523 g/mol. The van der Waals surface area contributed by atoms with Crippen molar-refractivity contribution in [3.63, 3.8) is 0 Å². The van der Waals surface area contributed by atoms with E-state index in [1.54, 1.807) is 68.4 Å². The molecule has 0 spiro atoms. The smallest absolute Gasteiger partial charge is 0.327 e. The lowest BCUT2D eigenvalue weighted by atomic mass is 9.95. The van der Waals surface area contributed by atoms with Gasteiger partial charge in [-0.05, 0) is 31.5 Å². The van der Waals surface area contributed by atoms with Crippen LogP contribution in [0.5, 0.6) is 0 Å². The molecule has 2 aromatic rings. The highest BCUT2D eigenvalue weighted by Gasteiger charge is 2.64. The summed E-state index contributed by atoms with van der Waals surface area (Å²) in [5.74, 6) is -2.95. The second-order valence-electron chi connectivity index (χ2n) is 9.40. The van der Waals surface area contributed by atoms with Gasteiger partial charge in [0.05, 0.1) is 11.4 Å². The quantitative estimate of drug-likeness (QED) is 0.356. The number of rotatable bonds is 6. The Hall–Kier alpha value is -4.03. The number of carbonyl (C=O) groups excluding carboxylic acids is 3. The average Bonchev–Trinajstić information content (AvgIpc) is 3.14. The summed E-state index contributed by atoms with van der Waals surface area (Å²) < 4.78 is -0.736. The molecular formula is C25H25N5O6S. The Morgan fingerprint density at radius 1 is 1.08 bits per heavy atom. The van der Waals surface area contributed by atoms with E-state index in [9.17, 15) is 29.5 Å². The number of aliphatic carboxylic acids is 1. The van der Waals surface area contributed by atoms with Gasteiger partial charge < -0.3 is 26.0 Å². The molecule has 0 radical (unpaired) electrons. The van der Waals surface area contributed by atoms with Gasteiger partial charge >= 0.3 is 5.97 Å². The SMILES string of the molecule is CC1(C)S[C@@H]2[C@H](NC(=O)C(NC(=O)C3=CNc4ccccc4N3O)c3ccccc3)C(=O)N2[C@H]1C(=O)O. The number of para-hydroxylation sites is 2. The molecule has 5 rings (SSSR count). The lowest BCUT2D eigenvalue weighted by molar-refractivity contribution is -0.161. The summed E-state index contributed by atoms with van der Waals surface area (Å²) in [6.07, 6.45) is 1.33. The van der Waals surface area contributed by atoms with Crippen molar-refractivity contribution in [2.45, 2.75) is 42.1 Å². The largest absolute Gasteiger partial charge is 0.480 e. The Labute approximate surface area is 216 Å². The van der Waals surface area contributed by atoms with Gasteiger partial charge in [-0.1, -0.05) is 42.5 Å². The van der Waals surface area contributed by atoms with Crippen molar-refractivity contribution in [3.8, 4) is 0 Å². The summed E-state index contributed by atoms with van der Waals surface area (Å²) in [4.78, 5) is 52.5. The van der Waals surface area contributed by atoms with Crippen molar-refractivity contribution in [2.75, 3.05) is 10.4 Å². The molecule has 192 valence electrons. The molecule has 0 bridgehead atoms. The van der Waals surface area contributed by atoms with E-state index in [4.69, 9.17) is 0 Å². The standard InChI is InChI=1S/C25H25N5O6S/c1-25(2)19(24(34)35)29-22(33)18(23(29)37-25)28-21(32)17(13-8-4-3-5-9-13)27-20(31)16-12-26-14-10-6-7-11-15(14)30(16)36/h3-12,17-19,23,26,36H,1-2H3,(H,27,31)(H,28,32)(H,34,35)/t17?,18-,19+,23-/m1/s1. The molecule has 2 fully saturated rings. The van der Waals surface area contributed by atoms with Crippen LogP contribution in [-0.4, -0.2) is 61.1 Å². The zero-order valence-electron chi connectivity index (χ0n) is 19.9. The Morgan fingerprint density at radius 3 is 2.46 bits per heavy atom. The Balaban J connectivity index is 1.35. The lowest BCUT2D eigenvalue weighted by Crippen LogP contribution is -2.71. The van der Waals surface area contributed by atoms with Crippen LogP contribution >= 0.6 is 11.8 Å². The fraction of sp³-hybridized carbons (Fsp3) is 0.280. The summed E-state index contributed by atoms with van der Waals surface area (Å²) >= 11 is 1.31. The molecule has 0 aromatic heterocycles. The first-order chi connectivity index (χ1) is 17.6. The highest BCUT2D eigenvalue weighted by molar-refractivity contribution is 8.01. The molecular weight excluding hydrogens is 498 g/mol. The van der Waals surface area contributed by atoms with E-state index in [1.165, 1.54) is 22.9 Å². The van der Waals surface area contributed by atoms with Gasteiger partial charge in [-0.15, -0.1) is 11.8 Å². The predicted molar refractivity (Wildman–Crippen MR) is 135 cm³/mol. The van der Waals surface area contributed by atoms with Crippen LogP contribution in [-0.2, 0) is 19.2 Å². The van der Waals surface area contributed by atoms with Crippen LogP contribution < -0.4 is 21.0 Å². The molecule has 5 N–H and O–H groups in total. The topological polar surface area (TPSA) is 151 Å². The number of nitrogens with one attached hydrogen (secondary N) is 3. The second kappa shape index (κ2) is 9.12. The summed E-state index contributed by atoms with van der Waals surface area (Å²) in [6, 6.07) is 12.2. The van der Waals surface area contributed by atoms with Crippen LogP contribution in [0, 0.1) is 0 Å². The van der Waals surface area contributed by atoms with Gasteiger partial charge in [0.15, 0.2) is 0 Å². The number of β-lactam (4-membered cyclic amide) rings is 1. The summed E-state index contributed by atoms with van der Waals surface area (Å²) in [7, 11) is 0. The molecule has 1 unspecified atom stereocenters. The third-order valence-corrected chi connectivity index (χ3v) is 8.17. The molecule has 12 heteroatoms. The van der Waals surface area contributed by atoms with Gasteiger partial charge in [0.1, 0.15) is 29.2 Å². The number of hydroxylamine groups is 1. The van der Waals surface area contributed by atoms with E-state index in [0.29, 0.717) is 16.9 Å². The fourth-order valence-corrected chi connectivity index (χ4v) is 6.44. The number of carboxylic acid groups (broad SMARTS) is 1. The number of hydrogen-bond donors (Lipinski definition) is 5. The fourth-order valence-electron chi connectivity index (χ4n) is 4.81. The molecule has 0 saturated carbocycles. The first-order valence-corrected chi connectivity index (χ1v) is 12.4. The number of fused-ring (bicyclic) bond motifs is 2. The molecule has 3 aliphatic heterocycles. The van der Waals surface area contributed by atoms with Gasteiger partial charge in [0.25, 0.3) is 5.91 Å². The molecule has 2 saturated heterocycles. The number of amides is 3. The van der Waals surface area contributed by atoms with Crippen LogP contribution in [0.3, 0.4) is 0 Å². The van der Waals surface area contributed by atoms with Crippen molar-refractivity contribution in [3.05, 3.63) is 72.1 Å². The minimum atomic E-state index is -1.18. The highest BCUT2D eigenvalue weighted by atomic mass is 32.2. The molecule has 11 nitrogen and oxygen atoms in total. The molecule has 3 aliphatic rings. The van der Waals surface area contributed by atoms with Gasteiger partial charge in [0.2, 0.25) is 11.8 Å². The first-order valence-electron chi connectivity index (χ1n) is 11.5. The molecule has 3 amide bonds. The second-order valence-corrected chi connectivity index (χ2v) is 11.2. The van der Waals surface area contributed by atoms with Gasteiger partial charge in [-0.2, -0.15) is 0 Å². The summed E-state index contributed by atoms with van der Waals surface area (Å²) in [5.41, 5.74) is 1.30. The zero-order valence-corrected chi connectivity index (χ0v) is 20.7. The van der Waals surface area contributed by atoms with Crippen molar-refractivity contribution < 1.29 is 29.5 Å². The maximum absolute atomic E-state index is 13.4. The van der Waals surface area contributed by atoms with Crippen LogP contribution in [0.4, 0.5) is 11.4 Å². The third kappa shape index (κ3) is 4.17. The van der Waals surface area contributed by atoms with E-state index in [-0.39, 0.29) is 5.70 Å².